The molecular formula is C25H27Cl2N3O2S. The highest BCUT2D eigenvalue weighted by atomic mass is 35.5. The first kappa shape index (κ1) is 25.1. The van der Waals surface area contributed by atoms with E-state index in [-0.39, 0.29) is 23.5 Å². The van der Waals surface area contributed by atoms with E-state index in [0.717, 1.165) is 10.4 Å². The number of hydrogen-bond donors (Lipinski definition) is 1. The molecule has 8 heteroatoms. The molecule has 3 rings (SSSR count). The lowest BCUT2D eigenvalue weighted by Crippen LogP contribution is -2.44. The number of nitrogens with zero attached hydrogens (tertiary/aromatic N) is 2. The first-order valence-electron chi connectivity index (χ1n) is 10.7. The summed E-state index contributed by atoms with van der Waals surface area (Å²) in [7, 11) is 0. The maximum atomic E-state index is 13.4. The minimum atomic E-state index is -0.388. The normalized spacial score (nSPS) is 10.7. The Morgan fingerprint density at radius 1 is 0.939 bits per heavy atom. The molecule has 33 heavy (non-hydrogen) atoms. The van der Waals surface area contributed by atoms with Crippen molar-refractivity contribution in [2.45, 2.75) is 33.4 Å². The average Bonchev–Trinajstić information content (AvgIpc) is 3.21. The van der Waals surface area contributed by atoms with Gasteiger partial charge >= 0.3 is 6.03 Å². The molecule has 174 valence electrons. The highest BCUT2D eigenvalue weighted by molar-refractivity contribution is 7.11. The first-order valence-corrected chi connectivity index (χ1v) is 12.3. The van der Waals surface area contributed by atoms with Gasteiger partial charge in [0.05, 0.1) is 22.3 Å². The Morgan fingerprint density at radius 3 is 2.36 bits per heavy atom. The lowest BCUT2D eigenvalue weighted by molar-refractivity contribution is -0.133. The molecular weight excluding hydrogens is 477 g/mol. The zero-order chi connectivity index (χ0) is 23.8. The van der Waals surface area contributed by atoms with Crippen molar-refractivity contribution in [2.75, 3.05) is 18.4 Å². The molecule has 0 aliphatic rings. The monoisotopic (exact) mass is 503 g/mol. The molecule has 0 aliphatic heterocycles. The first-order chi connectivity index (χ1) is 15.9. The minimum absolute atomic E-state index is 0.0327. The predicted molar refractivity (Wildman–Crippen MR) is 137 cm³/mol. The maximum Gasteiger partial charge on any atom is 0.322 e. The topological polar surface area (TPSA) is 52.7 Å². The molecule has 2 aromatic carbocycles. The second kappa shape index (κ2) is 12.1. The van der Waals surface area contributed by atoms with E-state index in [2.05, 4.69) is 11.4 Å². The highest BCUT2D eigenvalue weighted by Gasteiger charge is 2.22. The quantitative estimate of drug-likeness (QED) is 0.347. The second-order valence-corrected chi connectivity index (χ2v) is 9.86. The number of rotatable bonds is 9. The van der Waals surface area contributed by atoms with E-state index in [1.165, 1.54) is 9.78 Å². The Labute approximate surface area is 208 Å². The van der Waals surface area contributed by atoms with Crippen molar-refractivity contribution >= 4 is 52.2 Å². The molecule has 0 unspecified atom stereocenters. The molecule has 1 heterocycles. The van der Waals surface area contributed by atoms with Gasteiger partial charge in [-0.15, -0.1) is 11.3 Å². The summed E-state index contributed by atoms with van der Waals surface area (Å²) in [5.74, 6) is -0.120. The summed E-state index contributed by atoms with van der Waals surface area (Å²) in [4.78, 5) is 32.0. The van der Waals surface area contributed by atoms with E-state index >= 15 is 0 Å². The summed E-state index contributed by atoms with van der Waals surface area (Å²) < 4.78 is 0. The Morgan fingerprint density at radius 2 is 1.70 bits per heavy atom. The van der Waals surface area contributed by atoms with E-state index in [1.807, 2.05) is 50.2 Å². The van der Waals surface area contributed by atoms with Crippen LogP contribution in [0, 0.1) is 6.92 Å². The average molecular weight is 504 g/mol. The number of anilines is 1. The lowest BCUT2D eigenvalue weighted by Gasteiger charge is -2.28. The van der Waals surface area contributed by atoms with Crippen molar-refractivity contribution in [1.82, 2.24) is 9.80 Å². The van der Waals surface area contributed by atoms with Crippen LogP contribution in [0.5, 0.6) is 0 Å². The van der Waals surface area contributed by atoms with Crippen LogP contribution in [0.15, 0.2) is 60.7 Å². The van der Waals surface area contributed by atoms with Gasteiger partial charge in [-0.1, -0.05) is 66.5 Å². The van der Waals surface area contributed by atoms with Gasteiger partial charge in [-0.25, -0.2) is 4.79 Å². The SMILES string of the molecule is CCCN(CC(=O)N(Cc1ccccc1)Cc1ccc(C)s1)C(=O)Nc1cccc(Cl)c1Cl. The molecule has 3 aromatic rings. The van der Waals surface area contributed by atoms with Gasteiger partial charge in [0.1, 0.15) is 6.54 Å². The molecule has 0 radical (unpaired) electrons. The maximum absolute atomic E-state index is 13.4. The highest BCUT2D eigenvalue weighted by Crippen LogP contribution is 2.29. The Hall–Kier alpha value is -2.54. The summed E-state index contributed by atoms with van der Waals surface area (Å²) >= 11 is 14.0. The van der Waals surface area contributed by atoms with Crippen molar-refractivity contribution in [3.05, 3.63) is 86.0 Å². The van der Waals surface area contributed by atoms with E-state index in [0.29, 0.717) is 36.8 Å². The minimum Gasteiger partial charge on any atom is -0.332 e. The van der Waals surface area contributed by atoms with Crippen molar-refractivity contribution in [3.63, 3.8) is 0 Å². The fourth-order valence-electron chi connectivity index (χ4n) is 3.37. The van der Waals surface area contributed by atoms with Crippen LogP contribution in [0.3, 0.4) is 0 Å². The third-order valence-electron chi connectivity index (χ3n) is 5.01. The molecule has 0 fully saturated rings. The summed E-state index contributed by atoms with van der Waals surface area (Å²) in [6, 6.07) is 18.6. The summed E-state index contributed by atoms with van der Waals surface area (Å²) in [5, 5.41) is 3.41. The smallest absolute Gasteiger partial charge is 0.322 e. The third-order valence-corrected chi connectivity index (χ3v) is 6.82. The van der Waals surface area contributed by atoms with Crippen LogP contribution in [0.1, 0.15) is 28.7 Å². The van der Waals surface area contributed by atoms with Crippen LogP contribution in [0.25, 0.3) is 0 Å². The molecule has 0 aliphatic carbocycles. The number of aryl methyl sites for hydroxylation is 1. The van der Waals surface area contributed by atoms with Gasteiger partial charge in [0.25, 0.3) is 0 Å². The molecule has 3 amide bonds. The summed E-state index contributed by atoms with van der Waals surface area (Å²) in [6.07, 6.45) is 0.715. The van der Waals surface area contributed by atoms with Gasteiger partial charge in [0.2, 0.25) is 5.91 Å². The van der Waals surface area contributed by atoms with Crippen LogP contribution in [-0.2, 0) is 17.9 Å². The van der Waals surface area contributed by atoms with Gasteiger partial charge in [-0.2, -0.15) is 0 Å². The van der Waals surface area contributed by atoms with E-state index < -0.39 is 0 Å². The van der Waals surface area contributed by atoms with Crippen LogP contribution >= 0.6 is 34.5 Å². The van der Waals surface area contributed by atoms with Gasteiger partial charge in [0, 0.05) is 22.8 Å². The van der Waals surface area contributed by atoms with Gasteiger partial charge < -0.3 is 15.1 Å². The molecule has 0 saturated heterocycles. The van der Waals surface area contributed by atoms with E-state index in [1.54, 1.807) is 34.4 Å². The molecule has 0 spiro atoms. The molecule has 0 bridgehead atoms. The zero-order valence-corrected chi connectivity index (χ0v) is 21.0. The number of urea groups is 1. The number of benzene rings is 2. The van der Waals surface area contributed by atoms with Gasteiger partial charge in [-0.05, 0) is 43.2 Å². The number of thiophene rings is 1. The van der Waals surface area contributed by atoms with Crippen LogP contribution in [-0.4, -0.2) is 34.8 Å². The van der Waals surface area contributed by atoms with Gasteiger partial charge in [-0.3, -0.25) is 4.79 Å². The largest absolute Gasteiger partial charge is 0.332 e. The van der Waals surface area contributed by atoms with E-state index in [9.17, 15) is 9.59 Å². The van der Waals surface area contributed by atoms with Crippen molar-refractivity contribution < 1.29 is 9.59 Å². The van der Waals surface area contributed by atoms with Crippen molar-refractivity contribution in [3.8, 4) is 0 Å². The molecule has 5 nitrogen and oxygen atoms in total. The Balaban J connectivity index is 1.76. The fourth-order valence-corrected chi connectivity index (χ4v) is 4.63. The lowest BCUT2D eigenvalue weighted by atomic mass is 10.2. The molecule has 1 N–H and O–H groups in total. The van der Waals surface area contributed by atoms with E-state index in [4.69, 9.17) is 23.2 Å². The molecule has 0 atom stereocenters. The standard InChI is InChI=1S/C25H27Cl2N3O2S/c1-3-14-29(25(32)28-22-11-7-10-21(26)24(22)27)17-23(31)30(15-19-8-5-4-6-9-19)16-20-13-12-18(2)33-20/h4-13H,3,14-17H2,1-2H3,(H,28,32). The molecule has 0 saturated carbocycles. The Bertz CT molecular complexity index is 1090. The third kappa shape index (κ3) is 7.22. The second-order valence-electron chi connectivity index (χ2n) is 7.70. The number of halogens is 2. The summed E-state index contributed by atoms with van der Waals surface area (Å²) in [5.41, 5.74) is 1.45. The predicted octanol–water partition coefficient (Wildman–Crippen LogP) is 6.84. The number of carbonyl (C=O) groups excluding carboxylic acids is 2. The van der Waals surface area contributed by atoms with Crippen molar-refractivity contribution in [1.29, 1.82) is 0 Å². The Kier molecular flexibility index (Phi) is 9.18. The molecule has 1 aromatic heterocycles. The van der Waals surface area contributed by atoms with Gasteiger partial charge in [0.15, 0.2) is 0 Å². The van der Waals surface area contributed by atoms with Crippen LogP contribution in [0.2, 0.25) is 10.0 Å². The summed E-state index contributed by atoms with van der Waals surface area (Å²) in [6.45, 7) is 5.38. The fraction of sp³-hybridized carbons (Fsp3) is 0.280. The van der Waals surface area contributed by atoms with Crippen LogP contribution < -0.4 is 5.32 Å². The number of nitrogens with one attached hydrogen (secondary N) is 1. The van der Waals surface area contributed by atoms with Crippen molar-refractivity contribution in [2.24, 2.45) is 0 Å². The number of amides is 3. The van der Waals surface area contributed by atoms with Crippen LogP contribution in [0.4, 0.5) is 10.5 Å². The number of carbonyl (C=O) groups is 2. The number of hydrogen-bond acceptors (Lipinski definition) is 3. The zero-order valence-electron chi connectivity index (χ0n) is 18.7.